The van der Waals surface area contributed by atoms with E-state index < -0.39 is 5.79 Å². The van der Waals surface area contributed by atoms with Crippen LogP contribution in [0.15, 0.2) is 0 Å². The molecule has 18 heavy (non-hydrogen) atoms. The van der Waals surface area contributed by atoms with Crippen LogP contribution in [0.1, 0.15) is 65.2 Å². The molecule has 0 saturated carbocycles. The summed E-state index contributed by atoms with van der Waals surface area (Å²) in [5, 5.41) is 0. The lowest BCUT2D eigenvalue weighted by Gasteiger charge is -2.28. The molecule has 0 aromatic heterocycles. The van der Waals surface area contributed by atoms with Crippen LogP contribution in [-0.2, 0) is 14.2 Å². The molecule has 0 aliphatic rings. The summed E-state index contributed by atoms with van der Waals surface area (Å²) >= 11 is 0. The first-order valence-electron chi connectivity index (χ1n) is 7.36. The fourth-order valence-electron chi connectivity index (χ4n) is 1.98. The van der Waals surface area contributed by atoms with Crippen molar-refractivity contribution in [3.63, 3.8) is 0 Å². The van der Waals surface area contributed by atoms with Crippen LogP contribution < -0.4 is 0 Å². The first-order valence-corrected chi connectivity index (χ1v) is 7.36. The van der Waals surface area contributed by atoms with Gasteiger partial charge in [-0.25, -0.2) is 0 Å². The molecule has 0 bridgehead atoms. The van der Waals surface area contributed by atoms with Crippen molar-refractivity contribution < 1.29 is 14.2 Å². The lowest BCUT2D eigenvalue weighted by molar-refractivity contribution is -0.219. The Kier molecular flexibility index (Phi) is 11.9. The zero-order valence-corrected chi connectivity index (χ0v) is 12.8. The zero-order valence-electron chi connectivity index (χ0n) is 12.8. The SMILES string of the molecule is CCCCCCCCCC(C)(OC)OCCOC. The molecule has 3 heteroatoms. The van der Waals surface area contributed by atoms with Gasteiger partial charge in [0.2, 0.25) is 0 Å². The summed E-state index contributed by atoms with van der Waals surface area (Å²) < 4.78 is 16.2. The molecular formula is C15H32O3. The molecule has 0 N–H and O–H groups in total. The minimum absolute atomic E-state index is 0.443. The Bertz CT molecular complexity index is 173. The lowest BCUT2D eigenvalue weighted by Crippen LogP contribution is -2.32. The molecule has 0 aliphatic carbocycles. The van der Waals surface area contributed by atoms with Gasteiger partial charge >= 0.3 is 0 Å². The van der Waals surface area contributed by atoms with E-state index in [2.05, 4.69) is 6.92 Å². The second kappa shape index (κ2) is 11.9. The first-order chi connectivity index (χ1) is 8.68. The van der Waals surface area contributed by atoms with Gasteiger partial charge in [-0.1, -0.05) is 45.4 Å². The van der Waals surface area contributed by atoms with E-state index in [0.717, 1.165) is 6.42 Å². The van der Waals surface area contributed by atoms with Gasteiger partial charge in [0.05, 0.1) is 13.2 Å². The van der Waals surface area contributed by atoms with Crippen LogP contribution in [0.5, 0.6) is 0 Å². The number of unbranched alkanes of at least 4 members (excludes halogenated alkanes) is 6. The van der Waals surface area contributed by atoms with Gasteiger partial charge in [-0.2, -0.15) is 0 Å². The Morgan fingerprint density at radius 3 is 2.00 bits per heavy atom. The number of hydrogen-bond acceptors (Lipinski definition) is 3. The molecule has 0 radical (unpaired) electrons. The van der Waals surface area contributed by atoms with Crippen molar-refractivity contribution in [1.29, 1.82) is 0 Å². The van der Waals surface area contributed by atoms with Crippen LogP contribution in [0.4, 0.5) is 0 Å². The average molecular weight is 260 g/mol. The Hall–Kier alpha value is -0.120. The molecule has 1 unspecified atom stereocenters. The Balaban J connectivity index is 3.53. The highest BCUT2D eigenvalue weighted by atomic mass is 16.7. The Morgan fingerprint density at radius 2 is 1.44 bits per heavy atom. The molecule has 0 aromatic carbocycles. The summed E-state index contributed by atoms with van der Waals surface area (Å²) in [6.07, 6.45) is 10.2. The topological polar surface area (TPSA) is 27.7 Å². The fraction of sp³-hybridized carbons (Fsp3) is 1.00. The molecule has 1 atom stereocenters. The molecule has 110 valence electrons. The molecule has 3 nitrogen and oxygen atoms in total. The Labute approximate surface area is 113 Å². The summed E-state index contributed by atoms with van der Waals surface area (Å²) in [6.45, 7) is 5.48. The van der Waals surface area contributed by atoms with E-state index in [1.807, 2.05) is 6.92 Å². The summed E-state index contributed by atoms with van der Waals surface area (Å²) in [7, 11) is 3.40. The van der Waals surface area contributed by atoms with Crippen molar-refractivity contribution in [2.75, 3.05) is 27.4 Å². The van der Waals surface area contributed by atoms with Gasteiger partial charge in [0, 0.05) is 20.6 Å². The van der Waals surface area contributed by atoms with Crippen LogP contribution in [-0.4, -0.2) is 33.2 Å². The quantitative estimate of drug-likeness (QED) is 0.368. The Morgan fingerprint density at radius 1 is 0.833 bits per heavy atom. The van der Waals surface area contributed by atoms with E-state index in [4.69, 9.17) is 14.2 Å². The second-order valence-electron chi connectivity index (χ2n) is 5.05. The van der Waals surface area contributed by atoms with Crippen LogP contribution in [0.25, 0.3) is 0 Å². The van der Waals surface area contributed by atoms with Crippen molar-refractivity contribution in [1.82, 2.24) is 0 Å². The van der Waals surface area contributed by atoms with E-state index in [-0.39, 0.29) is 0 Å². The van der Waals surface area contributed by atoms with Crippen LogP contribution in [0.2, 0.25) is 0 Å². The van der Waals surface area contributed by atoms with Crippen molar-refractivity contribution in [2.45, 2.75) is 71.0 Å². The standard InChI is InChI=1S/C15H32O3/c1-5-6-7-8-9-10-11-12-15(2,17-4)18-14-13-16-3/h5-14H2,1-4H3. The summed E-state index contributed by atoms with van der Waals surface area (Å²) in [5.74, 6) is -0.443. The van der Waals surface area contributed by atoms with Crippen molar-refractivity contribution in [3.05, 3.63) is 0 Å². The second-order valence-corrected chi connectivity index (χ2v) is 5.05. The molecule has 0 heterocycles. The van der Waals surface area contributed by atoms with Gasteiger partial charge in [-0.05, 0) is 13.3 Å². The zero-order chi connectivity index (χ0) is 13.7. The summed E-state index contributed by atoms with van der Waals surface area (Å²) in [5.41, 5.74) is 0. The van der Waals surface area contributed by atoms with Gasteiger partial charge in [-0.15, -0.1) is 0 Å². The monoisotopic (exact) mass is 260 g/mol. The van der Waals surface area contributed by atoms with E-state index >= 15 is 0 Å². The van der Waals surface area contributed by atoms with Crippen LogP contribution in [0, 0.1) is 0 Å². The van der Waals surface area contributed by atoms with Crippen LogP contribution in [0.3, 0.4) is 0 Å². The molecule has 0 saturated heterocycles. The van der Waals surface area contributed by atoms with Gasteiger partial charge in [0.25, 0.3) is 0 Å². The van der Waals surface area contributed by atoms with Crippen molar-refractivity contribution in [2.24, 2.45) is 0 Å². The lowest BCUT2D eigenvalue weighted by atomic mass is 10.1. The van der Waals surface area contributed by atoms with Gasteiger partial charge in [-0.3, -0.25) is 0 Å². The molecule has 0 amide bonds. The van der Waals surface area contributed by atoms with E-state index in [0.29, 0.717) is 13.2 Å². The van der Waals surface area contributed by atoms with E-state index in [9.17, 15) is 0 Å². The van der Waals surface area contributed by atoms with E-state index in [1.54, 1.807) is 14.2 Å². The number of methoxy groups -OCH3 is 2. The molecule has 0 rings (SSSR count). The number of ether oxygens (including phenoxy) is 3. The minimum Gasteiger partial charge on any atom is -0.382 e. The summed E-state index contributed by atoms with van der Waals surface area (Å²) in [4.78, 5) is 0. The maximum Gasteiger partial charge on any atom is 0.165 e. The normalized spacial score (nSPS) is 14.7. The summed E-state index contributed by atoms with van der Waals surface area (Å²) in [6, 6.07) is 0. The number of hydrogen-bond donors (Lipinski definition) is 0. The van der Waals surface area contributed by atoms with Crippen LogP contribution >= 0.6 is 0 Å². The van der Waals surface area contributed by atoms with Gasteiger partial charge in [0.1, 0.15) is 0 Å². The fourth-order valence-corrected chi connectivity index (χ4v) is 1.98. The highest BCUT2D eigenvalue weighted by Crippen LogP contribution is 2.20. The highest BCUT2D eigenvalue weighted by Gasteiger charge is 2.23. The highest BCUT2D eigenvalue weighted by molar-refractivity contribution is 4.63. The third-order valence-corrected chi connectivity index (χ3v) is 3.36. The maximum absolute atomic E-state index is 5.72. The molecule has 0 fully saturated rings. The van der Waals surface area contributed by atoms with Gasteiger partial charge < -0.3 is 14.2 Å². The predicted molar refractivity (Wildman–Crippen MR) is 75.9 cm³/mol. The predicted octanol–water partition coefficient (Wildman–Crippen LogP) is 4.15. The minimum atomic E-state index is -0.443. The van der Waals surface area contributed by atoms with E-state index in [1.165, 1.54) is 44.9 Å². The van der Waals surface area contributed by atoms with Crippen molar-refractivity contribution in [3.8, 4) is 0 Å². The largest absolute Gasteiger partial charge is 0.382 e. The smallest absolute Gasteiger partial charge is 0.165 e. The average Bonchev–Trinajstić information content (AvgIpc) is 2.38. The molecule has 0 spiro atoms. The van der Waals surface area contributed by atoms with Gasteiger partial charge in [0.15, 0.2) is 5.79 Å². The molecule has 0 aromatic rings. The molecular weight excluding hydrogens is 228 g/mol. The third-order valence-electron chi connectivity index (χ3n) is 3.36. The van der Waals surface area contributed by atoms with Crippen molar-refractivity contribution >= 4 is 0 Å². The maximum atomic E-state index is 5.72. The third kappa shape index (κ3) is 9.86. The molecule has 0 aliphatic heterocycles. The number of rotatable bonds is 13. The first kappa shape index (κ1) is 17.9.